The Labute approximate surface area is 84.5 Å². The molecule has 74 valence electrons. The van der Waals surface area contributed by atoms with Gasteiger partial charge in [0, 0.05) is 20.1 Å². The summed E-state index contributed by atoms with van der Waals surface area (Å²) in [6.45, 7) is 3.72. The van der Waals surface area contributed by atoms with Gasteiger partial charge in [-0.1, -0.05) is 12.1 Å². The van der Waals surface area contributed by atoms with Gasteiger partial charge in [-0.25, -0.2) is 0 Å². The third kappa shape index (κ3) is 1.35. The Hall–Kier alpha value is -1.51. The minimum absolute atomic E-state index is 0.616. The fraction of sp³-hybridized carbons (Fsp3) is 0.364. The first-order valence-corrected chi connectivity index (χ1v) is 4.83. The number of para-hydroxylation sites is 2. The highest BCUT2D eigenvalue weighted by atomic mass is 15.3. The van der Waals surface area contributed by atoms with Gasteiger partial charge in [0.1, 0.15) is 0 Å². The maximum Gasteiger partial charge on any atom is 0.0971 e. The van der Waals surface area contributed by atoms with Gasteiger partial charge in [0.2, 0.25) is 0 Å². The predicted molar refractivity (Wildman–Crippen MR) is 60.5 cm³/mol. The van der Waals surface area contributed by atoms with Crippen molar-refractivity contribution >= 4 is 17.2 Å². The van der Waals surface area contributed by atoms with Crippen molar-refractivity contribution in [3.8, 4) is 0 Å². The predicted octanol–water partition coefficient (Wildman–Crippen LogP) is 1.94. The van der Waals surface area contributed by atoms with Crippen LogP contribution in [-0.2, 0) is 0 Å². The van der Waals surface area contributed by atoms with Crippen LogP contribution in [0.15, 0.2) is 24.3 Å². The molecular formula is C11H15N3. The largest absolute Gasteiger partial charge is 0.371 e. The highest BCUT2D eigenvalue weighted by molar-refractivity contribution is 5.98. The van der Waals surface area contributed by atoms with E-state index in [0.717, 1.165) is 18.8 Å². The Morgan fingerprint density at radius 3 is 2.50 bits per heavy atom. The number of nitrogens with zero attached hydrogens (tertiary/aromatic N) is 2. The fourth-order valence-corrected chi connectivity index (χ4v) is 1.85. The maximum atomic E-state index is 7.69. The smallest absolute Gasteiger partial charge is 0.0971 e. The van der Waals surface area contributed by atoms with Gasteiger partial charge in [-0.05, 0) is 19.1 Å². The zero-order valence-corrected chi connectivity index (χ0v) is 8.62. The van der Waals surface area contributed by atoms with Gasteiger partial charge < -0.3 is 9.80 Å². The minimum Gasteiger partial charge on any atom is -0.371 e. The lowest BCUT2D eigenvalue weighted by atomic mass is 10.2. The normalized spacial score (nSPS) is 15.3. The average Bonchev–Trinajstić information content (AvgIpc) is 2.18. The van der Waals surface area contributed by atoms with Crippen LogP contribution in [0.25, 0.3) is 0 Å². The highest BCUT2D eigenvalue weighted by Gasteiger charge is 2.20. The van der Waals surface area contributed by atoms with Gasteiger partial charge in [-0.3, -0.25) is 5.41 Å². The molecule has 0 fully saturated rings. The first-order valence-electron chi connectivity index (χ1n) is 4.83. The van der Waals surface area contributed by atoms with Crippen LogP contribution in [0.4, 0.5) is 11.4 Å². The number of nitrogens with one attached hydrogen (secondary N) is 1. The second-order valence-corrected chi connectivity index (χ2v) is 3.65. The molecule has 1 aliphatic rings. The van der Waals surface area contributed by atoms with Crippen molar-refractivity contribution in [3.63, 3.8) is 0 Å². The van der Waals surface area contributed by atoms with Crippen LogP contribution in [0.3, 0.4) is 0 Å². The van der Waals surface area contributed by atoms with E-state index in [1.54, 1.807) is 0 Å². The zero-order chi connectivity index (χ0) is 10.1. The van der Waals surface area contributed by atoms with Gasteiger partial charge in [-0.15, -0.1) is 0 Å². The summed E-state index contributed by atoms with van der Waals surface area (Å²) in [5, 5.41) is 7.69. The molecule has 0 saturated heterocycles. The number of benzene rings is 1. The second kappa shape index (κ2) is 3.33. The van der Waals surface area contributed by atoms with Crippen LogP contribution < -0.4 is 9.80 Å². The number of anilines is 2. The first-order chi connectivity index (χ1) is 6.70. The molecule has 0 aliphatic carbocycles. The van der Waals surface area contributed by atoms with Crippen molar-refractivity contribution < 1.29 is 0 Å². The molecule has 14 heavy (non-hydrogen) atoms. The number of fused-ring (bicyclic) bond motifs is 1. The molecule has 3 nitrogen and oxygen atoms in total. The van der Waals surface area contributed by atoms with E-state index in [1.165, 1.54) is 5.69 Å². The third-order valence-electron chi connectivity index (χ3n) is 2.65. The summed E-state index contributed by atoms with van der Waals surface area (Å²) in [5.74, 6) is 0.616. The zero-order valence-electron chi connectivity index (χ0n) is 8.62. The highest BCUT2D eigenvalue weighted by Crippen LogP contribution is 2.31. The lowest BCUT2D eigenvalue weighted by Crippen LogP contribution is -2.41. The Morgan fingerprint density at radius 1 is 1.21 bits per heavy atom. The molecule has 2 rings (SSSR count). The van der Waals surface area contributed by atoms with Crippen LogP contribution in [0.1, 0.15) is 6.92 Å². The van der Waals surface area contributed by atoms with Gasteiger partial charge in [-0.2, -0.15) is 0 Å². The molecule has 0 atom stereocenters. The Bertz CT molecular complexity index is 359. The molecular weight excluding hydrogens is 174 g/mol. The van der Waals surface area contributed by atoms with Crippen molar-refractivity contribution in [3.05, 3.63) is 24.3 Å². The van der Waals surface area contributed by atoms with Crippen LogP contribution >= 0.6 is 0 Å². The quantitative estimate of drug-likeness (QED) is 0.499. The number of amidine groups is 1. The first kappa shape index (κ1) is 9.06. The van der Waals surface area contributed by atoms with Gasteiger partial charge in [0.25, 0.3) is 0 Å². The van der Waals surface area contributed by atoms with E-state index < -0.39 is 0 Å². The van der Waals surface area contributed by atoms with E-state index in [2.05, 4.69) is 29.0 Å². The van der Waals surface area contributed by atoms with Crippen molar-refractivity contribution in [2.75, 3.05) is 29.9 Å². The number of rotatable bonds is 0. The molecule has 1 heterocycles. The minimum atomic E-state index is 0.616. The molecule has 0 unspecified atom stereocenters. The summed E-state index contributed by atoms with van der Waals surface area (Å²) in [6.07, 6.45) is 0. The van der Waals surface area contributed by atoms with Crippen molar-refractivity contribution in [1.82, 2.24) is 0 Å². The Balaban J connectivity index is 2.46. The monoisotopic (exact) mass is 189 g/mol. The lowest BCUT2D eigenvalue weighted by Gasteiger charge is -2.36. The molecule has 0 aromatic heterocycles. The molecule has 0 spiro atoms. The maximum absolute atomic E-state index is 7.69. The molecule has 1 aromatic rings. The summed E-state index contributed by atoms with van der Waals surface area (Å²) < 4.78 is 0. The van der Waals surface area contributed by atoms with Crippen molar-refractivity contribution in [2.45, 2.75) is 6.92 Å². The fourth-order valence-electron chi connectivity index (χ4n) is 1.85. The van der Waals surface area contributed by atoms with E-state index in [-0.39, 0.29) is 0 Å². The van der Waals surface area contributed by atoms with E-state index in [1.807, 2.05) is 19.1 Å². The van der Waals surface area contributed by atoms with Crippen LogP contribution in [0.5, 0.6) is 0 Å². The third-order valence-corrected chi connectivity index (χ3v) is 2.65. The lowest BCUT2D eigenvalue weighted by molar-refractivity contribution is 0.830. The van der Waals surface area contributed by atoms with Crippen LogP contribution in [-0.4, -0.2) is 26.0 Å². The Kier molecular flexibility index (Phi) is 2.15. The van der Waals surface area contributed by atoms with Crippen LogP contribution in [0, 0.1) is 5.41 Å². The van der Waals surface area contributed by atoms with E-state index in [0.29, 0.717) is 5.84 Å². The molecule has 1 aromatic carbocycles. The molecule has 1 N–H and O–H groups in total. The molecule has 0 radical (unpaired) electrons. The topological polar surface area (TPSA) is 30.3 Å². The summed E-state index contributed by atoms with van der Waals surface area (Å²) in [5.41, 5.74) is 2.36. The molecule has 3 heteroatoms. The van der Waals surface area contributed by atoms with Gasteiger partial charge in [0.15, 0.2) is 0 Å². The summed E-state index contributed by atoms with van der Waals surface area (Å²) >= 11 is 0. The van der Waals surface area contributed by atoms with Crippen molar-refractivity contribution in [1.29, 1.82) is 5.41 Å². The summed E-state index contributed by atoms with van der Waals surface area (Å²) in [6, 6.07) is 8.24. The standard InChI is InChI=1S/C11H15N3/c1-9(12)14-8-7-13(2)10-5-3-4-6-11(10)14/h3-6,12H,7-8H2,1-2H3. The second-order valence-electron chi connectivity index (χ2n) is 3.65. The number of hydrogen-bond donors (Lipinski definition) is 1. The van der Waals surface area contributed by atoms with E-state index >= 15 is 0 Å². The number of likely N-dealkylation sites (N-methyl/N-ethyl adjacent to an activating group) is 1. The molecule has 0 saturated carbocycles. The van der Waals surface area contributed by atoms with Gasteiger partial charge >= 0.3 is 0 Å². The Morgan fingerprint density at radius 2 is 1.86 bits per heavy atom. The molecule has 0 amide bonds. The summed E-state index contributed by atoms with van der Waals surface area (Å²) in [7, 11) is 2.09. The van der Waals surface area contributed by atoms with E-state index in [9.17, 15) is 0 Å². The van der Waals surface area contributed by atoms with Gasteiger partial charge in [0.05, 0.1) is 17.2 Å². The SMILES string of the molecule is CC(=N)N1CCN(C)c2ccccc21. The molecule has 1 aliphatic heterocycles. The van der Waals surface area contributed by atoms with Crippen LogP contribution in [0.2, 0.25) is 0 Å². The van der Waals surface area contributed by atoms with Crippen molar-refractivity contribution in [2.24, 2.45) is 0 Å². The van der Waals surface area contributed by atoms with E-state index in [4.69, 9.17) is 5.41 Å². The summed E-state index contributed by atoms with van der Waals surface area (Å²) in [4.78, 5) is 4.28. The number of hydrogen-bond acceptors (Lipinski definition) is 2. The molecule has 0 bridgehead atoms. The average molecular weight is 189 g/mol.